The van der Waals surface area contributed by atoms with E-state index in [1.54, 1.807) is 0 Å². The number of hydrogen-bond acceptors (Lipinski definition) is 1. The maximum absolute atomic E-state index is 12.6. The van der Waals surface area contributed by atoms with Gasteiger partial charge in [-0.2, -0.15) is 8.78 Å². The van der Waals surface area contributed by atoms with E-state index >= 15 is 0 Å². The second-order valence-electron chi connectivity index (χ2n) is 3.04. The highest BCUT2D eigenvalue weighted by Gasteiger charge is 2.48. The molecule has 17 heavy (non-hydrogen) atoms. The van der Waals surface area contributed by atoms with E-state index in [9.17, 15) is 31.1 Å². The minimum absolute atomic E-state index is 0.431. The lowest BCUT2D eigenvalue weighted by atomic mass is 10.2. The number of carbonyl (C=O) groups excluding carboxylic acids is 1. The largest absolute Gasteiger partial charge is 0.383 e. The van der Waals surface area contributed by atoms with Crippen LogP contribution in [0.5, 0.6) is 0 Å². The van der Waals surface area contributed by atoms with Crippen LogP contribution in [0.2, 0.25) is 0 Å². The molecule has 0 aromatic heterocycles. The minimum atomic E-state index is -4.93. The van der Waals surface area contributed by atoms with Crippen molar-refractivity contribution in [3.8, 4) is 0 Å². The fourth-order valence-corrected chi connectivity index (χ4v) is 0.940. The molecule has 1 aromatic rings. The fourth-order valence-electron chi connectivity index (χ4n) is 0.940. The molecule has 0 saturated heterocycles. The third kappa shape index (κ3) is 3.11. The van der Waals surface area contributed by atoms with Gasteiger partial charge in [-0.3, -0.25) is 4.79 Å². The second-order valence-corrected chi connectivity index (χ2v) is 3.04. The first-order chi connectivity index (χ1) is 7.73. The van der Waals surface area contributed by atoms with Crippen LogP contribution >= 0.6 is 0 Å². The van der Waals surface area contributed by atoms with Crippen molar-refractivity contribution in [2.75, 3.05) is 5.32 Å². The average molecular weight is 257 g/mol. The zero-order valence-corrected chi connectivity index (χ0v) is 7.99. The van der Waals surface area contributed by atoms with Gasteiger partial charge >= 0.3 is 18.3 Å². The van der Waals surface area contributed by atoms with Gasteiger partial charge in [-0.05, 0) is 12.1 Å². The number of carbonyl (C=O) groups is 1. The monoisotopic (exact) mass is 257 g/mol. The zero-order valence-electron chi connectivity index (χ0n) is 7.99. The van der Waals surface area contributed by atoms with Gasteiger partial charge in [0.25, 0.3) is 0 Å². The Balaban J connectivity index is 2.88. The predicted octanol–water partition coefficient (Wildman–Crippen LogP) is 2.80. The number of anilines is 1. The Kier molecular flexibility index (Phi) is 3.64. The highest BCUT2D eigenvalue weighted by molar-refractivity contribution is 5.96. The molecule has 0 radical (unpaired) electrons. The van der Waals surface area contributed by atoms with Gasteiger partial charge in [0.05, 0.1) is 0 Å². The first kappa shape index (κ1) is 13.3. The third-order valence-electron chi connectivity index (χ3n) is 1.70. The first-order valence-corrected chi connectivity index (χ1v) is 4.17. The summed E-state index contributed by atoms with van der Waals surface area (Å²) >= 11 is 0. The van der Waals surface area contributed by atoms with Crippen LogP contribution in [0.4, 0.5) is 32.0 Å². The molecule has 0 atom stereocenters. The van der Waals surface area contributed by atoms with Crippen LogP contribution in [0.3, 0.4) is 0 Å². The Morgan fingerprint density at radius 3 is 2.00 bits per heavy atom. The molecule has 0 aliphatic rings. The van der Waals surface area contributed by atoms with Gasteiger partial charge in [0.15, 0.2) is 0 Å². The highest BCUT2D eigenvalue weighted by Crippen LogP contribution is 2.25. The number of alkyl halides is 4. The van der Waals surface area contributed by atoms with Gasteiger partial charge < -0.3 is 5.32 Å². The van der Waals surface area contributed by atoms with Gasteiger partial charge in [0, 0.05) is 11.8 Å². The standard InChI is InChI=1S/C9H5F6NO/c10-4-1-5(11)3-6(2-4)16-8(17)9(14,15)7(12)13/h1-3,7H,(H,16,17). The third-order valence-corrected chi connectivity index (χ3v) is 1.70. The van der Waals surface area contributed by atoms with E-state index in [1.165, 1.54) is 5.32 Å². The van der Waals surface area contributed by atoms with E-state index in [0.29, 0.717) is 18.2 Å². The lowest BCUT2D eigenvalue weighted by Crippen LogP contribution is -2.41. The summed E-state index contributed by atoms with van der Waals surface area (Å²) in [5, 5.41) is 1.30. The summed E-state index contributed by atoms with van der Waals surface area (Å²) in [6, 6.07) is 1.46. The van der Waals surface area contributed by atoms with Crippen molar-refractivity contribution < 1.29 is 31.1 Å². The summed E-state index contributed by atoms with van der Waals surface area (Å²) in [6.07, 6.45) is -4.21. The SMILES string of the molecule is O=C(Nc1cc(F)cc(F)c1)C(F)(F)C(F)F. The van der Waals surface area contributed by atoms with Crippen molar-refractivity contribution in [3.63, 3.8) is 0 Å². The zero-order chi connectivity index (χ0) is 13.2. The van der Waals surface area contributed by atoms with Crippen molar-refractivity contribution in [2.45, 2.75) is 12.3 Å². The summed E-state index contributed by atoms with van der Waals surface area (Å²) < 4.78 is 73.7. The number of nitrogens with one attached hydrogen (secondary N) is 1. The molecule has 0 heterocycles. The summed E-state index contributed by atoms with van der Waals surface area (Å²) in [5.74, 6) is -9.54. The van der Waals surface area contributed by atoms with Crippen LogP contribution < -0.4 is 5.32 Å². The fraction of sp³-hybridized carbons (Fsp3) is 0.222. The van der Waals surface area contributed by atoms with Gasteiger partial charge in [-0.25, -0.2) is 17.6 Å². The van der Waals surface area contributed by atoms with E-state index in [2.05, 4.69) is 0 Å². The summed E-state index contributed by atoms with van der Waals surface area (Å²) in [4.78, 5) is 10.7. The van der Waals surface area contributed by atoms with Crippen molar-refractivity contribution >= 4 is 11.6 Å². The van der Waals surface area contributed by atoms with Crippen LogP contribution in [0.15, 0.2) is 18.2 Å². The summed E-state index contributed by atoms with van der Waals surface area (Å²) in [6.45, 7) is 0. The number of amides is 1. The quantitative estimate of drug-likeness (QED) is 0.829. The molecule has 0 aliphatic carbocycles. The molecule has 1 aromatic carbocycles. The lowest BCUT2D eigenvalue weighted by molar-refractivity contribution is -0.163. The van der Waals surface area contributed by atoms with Crippen LogP contribution in [0.25, 0.3) is 0 Å². The van der Waals surface area contributed by atoms with Gasteiger partial charge in [0.2, 0.25) is 0 Å². The van der Waals surface area contributed by atoms with E-state index in [-0.39, 0.29) is 0 Å². The normalized spacial score (nSPS) is 11.7. The molecule has 1 amide bonds. The topological polar surface area (TPSA) is 29.1 Å². The van der Waals surface area contributed by atoms with Crippen molar-refractivity contribution in [3.05, 3.63) is 29.8 Å². The molecule has 0 spiro atoms. The first-order valence-electron chi connectivity index (χ1n) is 4.17. The minimum Gasteiger partial charge on any atom is -0.320 e. The average Bonchev–Trinajstić information content (AvgIpc) is 2.15. The Bertz CT molecular complexity index is 413. The predicted molar refractivity (Wildman–Crippen MR) is 45.9 cm³/mol. The number of halogens is 6. The number of rotatable bonds is 3. The van der Waals surface area contributed by atoms with Crippen LogP contribution in [0, 0.1) is 11.6 Å². The molecule has 1 N–H and O–H groups in total. The highest BCUT2D eigenvalue weighted by atomic mass is 19.3. The van der Waals surface area contributed by atoms with Crippen molar-refractivity contribution in [1.82, 2.24) is 0 Å². The molecule has 0 unspecified atom stereocenters. The van der Waals surface area contributed by atoms with Gasteiger partial charge in [0.1, 0.15) is 11.6 Å². The maximum Gasteiger partial charge on any atom is 0.383 e. The van der Waals surface area contributed by atoms with Crippen molar-refractivity contribution in [1.29, 1.82) is 0 Å². The molecular formula is C9H5F6NO. The number of hydrogen-bond donors (Lipinski definition) is 1. The molecule has 8 heteroatoms. The Labute approximate surface area is 91.2 Å². The maximum atomic E-state index is 12.6. The molecular weight excluding hydrogens is 252 g/mol. The Hall–Kier alpha value is -1.73. The van der Waals surface area contributed by atoms with Crippen LogP contribution in [-0.2, 0) is 4.79 Å². The van der Waals surface area contributed by atoms with Crippen LogP contribution in [-0.4, -0.2) is 18.3 Å². The van der Waals surface area contributed by atoms with E-state index in [1.807, 2.05) is 0 Å². The molecule has 0 aliphatic heterocycles. The van der Waals surface area contributed by atoms with Crippen molar-refractivity contribution in [2.24, 2.45) is 0 Å². The van der Waals surface area contributed by atoms with Crippen LogP contribution in [0.1, 0.15) is 0 Å². The molecule has 94 valence electrons. The lowest BCUT2D eigenvalue weighted by Gasteiger charge is -2.14. The second kappa shape index (κ2) is 4.64. The van der Waals surface area contributed by atoms with E-state index in [0.717, 1.165) is 0 Å². The molecule has 0 bridgehead atoms. The summed E-state index contributed by atoms with van der Waals surface area (Å²) in [7, 11) is 0. The molecule has 2 nitrogen and oxygen atoms in total. The number of benzene rings is 1. The van der Waals surface area contributed by atoms with E-state index < -0.39 is 35.6 Å². The Morgan fingerprint density at radius 2 is 1.59 bits per heavy atom. The molecule has 0 fully saturated rings. The van der Waals surface area contributed by atoms with Gasteiger partial charge in [-0.15, -0.1) is 0 Å². The Morgan fingerprint density at radius 1 is 1.12 bits per heavy atom. The molecule has 1 rings (SSSR count). The molecule has 0 saturated carbocycles. The van der Waals surface area contributed by atoms with Gasteiger partial charge in [-0.1, -0.05) is 0 Å². The summed E-state index contributed by atoms with van der Waals surface area (Å²) in [5.41, 5.74) is -0.673. The van der Waals surface area contributed by atoms with E-state index in [4.69, 9.17) is 0 Å². The smallest absolute Gasteiger partial charge is 0.320 e.